The van der Waals surface area contributed by atoms with Crippen molar-refractivity contribution >= 4 is 11.8 Å². The van der Waals surface area contributed by atoms with Crippen LogP contribution in [0.1, 0.15) is 29.3 Å². The number of hydrogen-bond donors (Lipinski definition) is 2. The molecular formula is C19H25N7O. The molecule has 2 N–H and O–H groups in total. The zero-order valence-electron chi connectivity index (χ0n) is 16.2. The summed E-state index contributed by atoms with van der Waals surface area (Å²) in [6, 6.07) is 9.59. The minimum Gasteiger partial charge on any atom is -0.338 e. The molecule has 1 aromatic carbocycles. The van der Waals surface area contributed by atoms with E-state index in [0.29, 0.717) is 18.9 Å². The van der Waals surface area contributed by atoms with Crippen LogP contribution in [0.5, 0.6) is 0 Å². The molecule has 8 heteroatoms. The second kappa shape index (κ2) is 8.03. The van der Waals surface area contributed by atoms with E-state index in [1.54, 1.807) is 4.68 Å². The number of nitrogens with zero attached hydrogens (tertiary/aromatic N) is 5. The van der Waals surface area contributed by atoms with Crippen molar-refractivity contribution in [3.63, 3.8) is 0 Å². The molecule has 2 heterocycles. The van der Waals surface area contributed by atoms with E-state index in [1.807, 2.05) is 62.7 Å². The Morgan fingerprint density at radius 1 is 1.07 bits per heavy atom. The first-order valence-electron chi connectivity index (χ1n) is 8.99. The van der Waals surface area contributed by atoms with Crippen molar-refractivity contribution in [2.24, 2.45) is 0 Å². The first-order chi connectivity index (χ1) is 12.9. The zero-order valence-corrected chi connectivity index (χ0v) is 16.2. The van der Waals surface area contributed by atoms with E-state index in [9.17, 15) is 4.79 Å². The largest absolute Gasteiger partial charge is 0.338 e. The SMILES string of the molecule is Cc1ccc(-n2nc(C)cc2NC(=O)NCCCn2nc(C)nc2C)cc1. The summed E-state index contributed by atoms with van der Waals surface area (Å²) in [5.41, 5.74) is 2.91. The van der Waals surface area contributed by atoms with Gasteiger partial charge in [0.1, 0.15) is 17.5 Å². The third kappa shape index (κ3) is 4.72. The van der Waals surface area contributed by atoms with Crippen LogP contribution in [-0.2, 0) is 6.54 Å². The van der Waals surface area contributed by atoms with Gasteiger partial charge in [-0.2, -0.15) is 10.2 Å². The Morgan fingerprint density at radius 3 is 2.48 bits per heavy atom. The summed E-state index contributed by atoms with van der Waals surface area (Å²) in [5, 5.41) is 14.5. The molecule has 27 heavy (non-hydrogen) atoms. The Balaban J connectivity index is 1.55. The zero-order chi connectivity index (χ0) is 19.4. The molecular weight excluding hydrogens is 342 g/mol. The maximum Gasteiger partial charge on any atom is 0.320 e. The van der Waals surface area contributed by atoms with E-state index in [0.717, 1.165) is 29.5 Å². The molecule has 0 aliphatic carbocycles. The Morgan fingerprint density at radius 2 is 1.81 bits per heavy atom. The minimum atomic E-state index is -0.255. The fraction of sp³-hybridized carbons (Fsp3) is 0.368. The van der Waals surface area contributed by atoms with Gasteiger partial charge in [-0.1, -0.05) is 17.7 Å². The lowest BCUT2D eigenvalue weighted by Gasteiger charge is -2.10. The van der Waals surface area contributed by atoms with Crippen molar-refractivity contribution in [2.75, 3.05) is 11.9 Å². The fourth-order valence-corrected chi connectivity index (χ4v) is 2.84. The summed E-state index contributed by atoms with van der Waals surface area (Å²) in [6.07, 6.45) is 0.771. The number of anilines is 1. The Kier molecular flexibility index (Phi) is 5.54. The highest BCUT2D eigenvalue weighted by molar-refractivity contribution is 5.88. The number of amides is 2. The lowest BCUT2D eigenvalue weighted by atomic mass is 10.2. The summed E-state index contributed by atoms with van der Waals surface area (Å²) < 4.78 is 3.58. The number of benzene rings is 1. The second-order valence-corrected chi connectivity index (χ2v) is 6.58. The van der Waals surface area contributed by atoms with Gasteiger partial charge < -0.3 is 5.32 Å². The van der Waals surface area contributed by atoms with Gasteiger partial charge in [0.15, 0.2) is 0 Å². The van der Waals surface area contributed by atoms with Crippen LogP contribution in [-0.4, -0.2) is 37.1 Å². The van der Waals surface area contributed by atoms with Gasteiger partial charge in [-0.05, 0) is 46.2 Å². The predicted molar refractivity (Wildman–Crippen MR) is 104 cm³/mol. The molecule has 2 aromatic heterocycles. The van der Waals surface area contributed by atoms with Crippen LogP contribution in [0.15, 0.2) is 30.3 Å². The van der Waals surface area contributed by atoms with Crippen LogP contribution in [0.25, 0.3) is 5.69 Å². The molecule has 8 nitrogen and oxygen atoms in total. The van der Waals surface area contributed by atoms with Gasteiger partial charge in [-0.25, -0.2) is 14.5 Å². The first kappa shape index (κ1) is 18.6. The summed E-state index contributed by atoms with van der Waals surface area (Å²) in [6.45, 7) is 8.99. The van der Waals surface area contributed by atoms with Gasteiger partial charge in [-0.3, -0.25) is 10.00 Å². The summed E-state index contributed by atoms with van der Waals surface area (Å²) in [4.78, 5) is 16.5. The molecule has 0 fully saturated rings. The molecule has 0 atom stereocenters. The van der Waals surface area contributed by atoms with Gasteiger partial charge in [-0.15, -0.1) is 0 Å². The van der Waals surface area contributed by atoms with Gasteiger partial charge in [0.05, 0.1) is 11.4 Å². The van der Waals surface area contributed by atoms with Gasteiger partial charge in [0, 0.05) is 19.2 Å². The topological polar surface area (TPSA) is 89.7 Å². The number of aromatic nitrogens is 5. The van der Waals surface area contributed by atoms with Crippen LogP contribution in [0.4, 0.5) is 10.6 Å². The fourth-order valence-electron chi connectivity index (χ4n) is 2.84. The number of hydrogen-bond acceptors (Lipinski definition) is 4. The van der Waals surface area contributed by atoms with E-state index in [-0.39, 0.29) is 6.03 Å². The standard InChI is InChI=1S/C19H25N7O/c1-13-6-8-17(9-7-13)26-18(12-14(2)23-26)22-19(27)20-10-5-11-25-16(4)21-15(3)24-25/h6-9,12H,5,10-11H2,1-4H3,(H2,20,22,27). The van der Waals surface area contributed by atoms with Crippen molar-refractivity contribution in [3.05, 3.63) is 53.2 Å². The number of aryl methyl sites for hydroxylation is 5. The van der Waals surface area contributed by atoms with Crippen LogP contribution in [0, 0.1) is 27.7 Å². The minimum absolute atomic E-state index is 0.255. The summed E-state index contributed by atoms with van der Waals surface area (Å²) >= 11 is 0. The monoisotopic (exact) mass is 367 g/mol. The average molecular weight is 367 g/mol. The molecule has 0 radical (unpaired) electrons. The number of rotatable bonds is 6. The third-order valence-corrected chi connectivity index (χ3v) is 4.15. The first-order valence-corrected chi connectivity index (χ1v) is 8.99. The molecule has 0 aliphatic heterocycles. The van der Waals surface area contributed by atoms with Crippen molar-refractivity contribution in [3.8, 4) is 5.69 Å². The van der Waals surface area contributed by atoms with E-state index in [2.05, 4.69) is 25.8 Å². The van der Waals surface area contributed by atoms with E-state index < -0.39 is 0 Å². The summed E-state index contributed by atoms with van der Waals surface area (Å²) in [5.74, 6) is 2.28. The molecule has 0 spiro atoms. The van der Waals surface area contributed by atoms with Crippen LogP contribution < -0.4 is 10.6 Å². The van der Waals surface area contributed by atoms with E-state index >= 15 is 0 Å². The maximum atomic E-state index is 12.2. The van der Waals surface area contributed by atoms with Crippen molar-refractivity contribution < 1.29 is 4.79 Å². The van der Waals surface area contributed by atoms with Crippen LogP contribution in [0.3, 0.4) is 0 Å². The predicted octanol–water partition coefficient (Wildman–Crippen LogP) is 2.91. The van der Waals surface area contributed by atoms with Crippen LogP contribution in [0.2, 0.25) is 0 Å². The average Bonchev–Trinajstić information content (AvgIpc) is 3.13. The molecule has 3 rings (SSSR count). The highest BCUT2D eigenvalue weighted by atomic mass is 16.2. The van der Waals surface area contributed by atoms with Crippen molar-refractivity contribution in [2.45, 2.75) is 40.7 Å². The lowest BCUT2D eigenvalue weighted by molar-refractivity contribution is 0.251. The maximum absolute atomic E-state index is 12.2. The van der Waals surface area contributed by atoms with Crippen molar-refractivity contribution in [1.82, 2.24) is 29.9 Å². The molecule has 142 valence electrons. The number of carbonyl (C=O) groups is 1. The normalized spacial score (nSPS) is 10.8. The molecule has 0 saturated carbocycles. The molecule has 0 bridgehead atoms. The molecule has 2 amide bonds. The molecule has 0 unspecified atom stereocenters. The number of nitrogens with one attached hydrogen (secondary N) is 2. The number of urea groups is 1. The molecule has 0 saturated heterocycles. The lowest BCUT2D eigenvalue weighted by Crippen LogP contribution is -2.31. The third-order valence-electron chi connectivity index (χ3n) is 4.15. The quantitative estimate of drug-likeness (QED) is 0.656. The smallest absolute Gasteiger partial charge is 0.320 e. The van der Waals surface area contributed by atoms with E-state index in [1.165, 1.54) is 5.56 Å². The highest BCUT2D eigenvalue weighted by Crippen LogP contribution is 2.17. The van der Waals surface area contributed by atoms with Crippen LogP contribution >= 0.6 is 0 Å². The van der Waals surface area contributed by atoms with Crippen molar-refractivity contribution in [1.29, 1.82) is 0 Å². The Bertz CT molecular complexity index is 924. The molecule has 3 aromatic rings. The molecule has 0 aliphatic rings. The van der Waals surface area contributed by atoms with Gasteiger partial charge in [0.2, 0.25) is 0 Å². The Labute approximate surface area is 158 Å². The summed E-state index contributed by atoms with van der Waals surface area (Å²) in [7, 11) is 0. The highest BCUT2D eigenvalue weighted by Gasteiger charge is 2.11. The number of carbonyl (C=O) groups excluding carboxylic acids is 1. The van der Waals surface area contributed by atoms with Gasteiger partial charge in [0.25, 0.3) is 0 Å². The second-order valence-electron chi connectivity index (χ2n) is 6.58. The Hall–Kier alpha value is -3.16. The van der Waals surface area contributed by atoms with Gasteiger partial charge >= 0.3 is 6.03 Å². The van der Waals surface area contributed by atoms with E-state index in [4.69, 9.17) is 0 Å².